The van der Waals surface area contributed by atoms with Crippen molar-refractivity contribution in [3.8, 4) is 11.5 Å². The lowest BCUT2D eigenvalue weighted by Gasteiger charge is -2.09. The van der Waals surface area contributed by atoms with Gasteiger partial charge in [0, 0.05) is 39.3 Å². The molecule has 0 aliphatic heterocycles. The number of aromatic nitrogens is 7. The molecule has 3 heterocycles. The number of halogens is 2. The molecule has 4 aromatic carbocycles. The van der Waals surface area contributed by atoms with Gasteiger partial charge in [0.2, 0.25) is 40.3 Å². The van der Waals surface area contributed by atoms with E-state index in [-0.39, 0.29) is 39.3 Å². The van der Waals surface area contributed by atoms with Crippen LogP contribution in [-0.2, 0) is 19.5 Å². The zero-order chi connectivity index (χ0) is 37.0. The van der Waals surface area contributed by atoms with Gasteiger partial charge in [0.25, 0.3) is 10.1 Å². The summed E-state index contributed by atoms with van der Waals surface area (Å²) in [6.07, 6.45) is 0. The Labute approximate surface area is 312 Å². The predicted molar refractivity (Wildman–Crippen MR) is 196 cm³/mol. The van der Waals surface area contributed by atoms with Crippen molar-refractivity contribution in [3.05, 3.63) is 102 Å². The smallest absolute Gasteiger partial charge is 0.294 e. The van der Waals surface area contributed by atoms with Gasteiger partial charge in [-0.15, -0.1) is 4.33 Å². The lowest BCUT2D eigenvalue weighted by atomic mass is 10.2. The first-order valence-electron chi connectivity index (χ1n) is 14.8. The molecule has 22 heteroatoms. The number of anilines is 8. The second-order valence-electron chi connectivity index (χ2n) is 10.5. The third-order valence-corrected chi connectivity index (χ3v) is 8.73. The minimum atomic E-state index is -4.33. The summed E-state index contributed by atoms with van der Waals surface area (Å²) >= 11 is 13.1. The van der Waals surface area contributed by atoms with Gasteiger partial charge in [0.05, 0.1) is 16.9 Å². The van der Waals surface area contributed by atoms with E-state index >= 15 is 0 Å². The quantitative estimate of drug-likeness (QED) is 0.0282. The molecule has 0 atom stereocenters. The summed E-state index contributed by atoms with van der Waals surface area (Å²) in [6.45, 7) is 0. The van der Waals surface area contributed by atoms with Crippen molar-refractivity contribution in [1.82, 2.24) is 34.9 Å². The minimum absolute atomic E-state index is 0.0336. The van der Waals surface area contributed by atoms with Crippen molar-refractivity contribution in [1.29, 1.82) is 0 Å². The Hall–Kier alpha value is -5.71. The normalized spacial score (nSPS) is 11.4. The van der Waals surface area contributed by atoms with Gasteiger partial charge in [-0.3, -0.25) is 4.55 Å². The predicted octanol–water partition coefficient (Wildman–Crippen LogP) is 7.82. The van der Waals surface area contributed by atoms with E-state index in [1.165, 1.54) is 24.3 Å². The largest absolute Gasteiger partial charge is 0.436 e. The van der Waals surface area contributed by atoms with E-state index in [9.17, 15) is 13.0 Å². The number of hydrogen-bond donors (Lipinski definition) is 6. The summed E-state index contributed by atoms with van der Waals surface area (Å²) in [7, 11) is -4.33. The first kappa shape index (κ1) is 35.7. The maximum Gasteiger partial charge on any atom is 0.294 e. The fraction of sp³-hybridized carbons (Fsp3) is 0. The highest BCUT2D eigenvalue weighted by Crippen LogP contribution is 2.29. The zero-order valence-electron chi connectivity index (χ0n) is 26.3. The average Bonchev–Trinajstić information content (AvgIpc) is 3.55. The molecule has 0 unspecified atom stereocenters. The number of rotatable bonds is 13. The summed E-state index contributed by atoms with van der Waals surface area (Å²) in [5.41, 5.74) is 4.18. The number of benzene rings is 4. The summed E-state index contributed by atoms with van der Waals surface area (Å²) in [5, 5.41) is 23.9. The Morgan fingerprint density at radius 2 is 1.09 bits per heavy atom. The van der Waals surface area contributed by atoms with Gasteiger partial charge < -0.3 is 25.7 Å². The highest BCUT2D eigenvalue weighted by atomic mass is 35.5. The SMILES string of the molecule is O=S(=O)(O)c1ccc(Nc2nc(Cl)nc(Nc3ccc(-c4nc5ccc(Nc6nc(Cl)nc(Nc7ccc(SOOO)cc7)n6)cc5o4)cc3)n2)cc1. The fourth-order valence-corrected chi connectivity index (χ4v) is 5.78. The molecule has 0 amide bonds. The van der Waals surface area contributed by atoms with Crippen LogP contribution in [0.4, 0.5) is 46.5 Å². The summed E-state index contributed by atoms with van der Waals surface area (Å²) < 4.78 is 42.3. The number of fused-ring (bicyclic) bond motifs is 1. The lowest BCUT2D eigenvalue weighted by molar-refractivity contribution is -0.432. The van der Waals surface area contributed by atoms with Crippen molar-refractivity contribution in [2.75, 3.05) is 21.3 Å². The molecule has 0 radical (unpaired) electrons. The molecular weight excluding hydrogens is 773 g/mol. The van der Waals surface area contributed by atoms with Crippen molar-refractivity contribution in [2.24, 2.45) is 0 Å². The number of nitrogens with zero attached hydrogens (tertiary/aromatic N) is 7. The van der Waals surface area contributed by atoms with E-state index < -0.39 is 10.1 Å². The highest BCUT2D eigenvalue weighted by molar-refractivity contribution is 7.94. The van der Waals surface area contributed by atoms with Crippen LogP contribution < -0.4 is 21.3 Å². The Balaban J connectivity index is 1.01. The van der Waals surface area contributed by atoms with Crippen LogP contribution in [0.3, 0.4) is 0 Å². The van der Waals surface area contributed by atoms with Crippen LogP contribution >= 0.6 is 35.2 Å². The van der Waals surface area contributed by atoms with Crippen LogP contribution in [0, 0.1) is 0 Å². The van der Waals surface area contributed by atoms with E-state index in [0.29, 0.717) is 50.2 Å². The van der Waals surface area contributed by atoms with Gasteiger partial charge in [-0.05, 0) is 108 Å². The highest BCUT2D eigenvalue weighted by Gasteiger charge is 2.13. The Morgan fingerprint density at radius 1 is 0.623 bits per heavy atom. The fourth-order valence-electron chi connectivity index (χ4n) is 4.62. The molecule has 0 aliphatic rings. The standard InChI is InChI=1S/C31H21Cl2N11O7S2/c32-26-39-28(43-30(40-26)36-19-7-12-22(13-8-19)53(46,47)48)34-17-3-1-16(2-4-17)25-38-23-14-9-20(15-24(23)49-25)37-31-42-27(33)41-29(44-31)35-18-5-10-21(11-6-18)52-51-50-45/h1-15,45H,(H,46,47,48)(H2,34,36,39,40,43)(H2,35,37,41,42,44). The molecule has 0 saturated carbocycles. The molecule has 6 N–H and O–H groups in total. The second-order valence-corrected chi connectivity index (χ2v) is 13.4. The number of hydrogen-bond acceptors (Lipinski definition) is 18. The Kier molecular flexibility index (Phi) is 10.4. The molecule has 7 rings (SSSR count). The number of oxazole rings is 1. The maximum absolute atomic E-state index is 11.3. The molecule has 0 fully saturated rings. The van der Waals surface area contributed by atoms with Crippen molar-refractivity contribution in [3.63, 3.8) is 0 Å². The zero-order valence-corrected chi connectivity index (χ0v) is 29.4. The molecular formula is C31H21Cl2N11O7S2. The first-order valence-corrected chi connectivity index (χ1v) is 17.7. The average molecular weight is 795 g/mol. The molecule has 7 aromatic rings. The molecule has 3 aromatic heterocycles. The lowest BCUT2D eigenvalue weighted by Crippen LogP contribution is -2.04. The summed E-state index contributed by atoms with van der Waals surface area (Å²) in [6, 6.07) is 24.8. The van der Waals surface area contributed by atoms with Crippen LogP contribution in [0.2, 0.25) is 10.6 Å². The summed E-state index contributed by atoms with van der Waals surface area (Å²) in [4.78, 5) is 30.2. The van der Waals surface area contributed by atoms with Crippen LogP contribution in [0.5, 0.6) is 0 Å². The van der Waals surface area contributed by atoms with Crippen molar-refractivity contribution < 1.29 is 32.0 Å². The van der Waals surface area contributed by atoms with Crippen LogP contribution in [0.15, 0.2) is 105 Å². The van der Waals surface area contributed by atoms with E-state index in [0.717, 1.165) is 12.0 Å². The Bertz CT molecular complexity index is 2520. The molecule has 53 heavy (non-hydrogen) atoms. The van der Waals surface area contributed by atoms with Gasteiger partial charge >= 0.3 is 0 Å². The third-order valence-electron chi connectivity index (χ3n) is 6.93. The third kappa shape index (κ3) is 9.21. The molecule has 0 spiro atoms. The van der Waals surface area contributed by atoms with Gasteiger partial charge in [0.1, 0.15) is 5.52 Å². The van der Waals surface area contributed by atoms with E-state index in [2.05, 4.69) is 65.5 Å². The van der Waals surface area contributed by atoms with E-state index in [4.69, 9.17) is 32.9 Å². The first-order chi connectivity index (χ1) is 25.6. The van der Waals surface area contributed by atoms with Gasteiger partial charge in [-0.2, -0.15) is 38.3 Å². The molecule has 268 valence electrons. The molecule has 18 nitrogen and oxygen atoms in total. The number of nitrogens with one attached hydrogen (secondary N) is 4. The molecule has 0 saturated heterocycles. The van der Waals surface area contributed by atoms with Crippen LogP contribution in [0.1, 0.15) is 0 Å². The summed E-state index contributed by atoms with van der Waals surface area (Å²) in [5.74, 6) is 1.02. The molecule has 0 aliphatic carbocycles. The second kappa shape index (κ2) is 15.5. The van der Waals surface area contributed by atoms with Crippen molar-refractivity contribution >= 4 is 103 Å². The molecule has 0 bridgehead atoms. The van der Waals surface area contributed by atoms with Crippen LogP contribution in [0.25, 0.3) is 22.6 Å². The Morgan fingerprint density at radius 3 is 1.60 bits per heavy atom. The van der Waals surface area contributed by atoms with Crippen molar-refractivity contribution in [2.45, 2.75) is 9.79 Å². The topological polar surface area (TPSA) is 245 Å². The van der Waals surface area contributed by atoms with E-state index in [1.54, 1.807) is 66.7 Å². The minimum Gasteiger partial charge on any atom is -0.436 e. The van der Waals surface area contributed by atoms with Gasteiger partial charge in [0.15, 0.2) is 5.58 Å². The van der Waals surface area contributed by atoms with Gasteiger partial charge in [-0.25, -0.2) is 10.2 Å². The van der Waals surface area contributed by atoms with E-state index in [1.807, 2.05) is 0 Å². The van der Waals surface area contributed by atoms with Crippen LogP contribution in [-0.4, -0.2) is 53.1 Å². The monoisotopic (exact) mass is 793 g/mol. The maximum atomic E-state index is 11.3. The van der Waals surface area contributed by atoms with Gasteiger partial charge in [-0.1, -0.05) is 5.04 Å².